The summed E-state index contributed by atoms with van der Waals surface area (Å²) in [4.78, 5) is 14.3. The first-order valence-electron chi connectivity index (χ1n) is 7.87. The van der Waals surface area contributed by atoms with E-state index >= 15 is 0 Å². The highest BCUT2D eigenvalue weighted by Gasteiger charge is 2.28. The standard InChI is InChI=1S/C14H25N5O4S/c1-11-14(12(2)17-16-11)24(21,22)18(3)10-13(20)15-4-5-19-6-8-23-9-7-19/h4-10H2,1-3H3,(H,15,20)(H,16,17). The third-order valence-electron chi connectivity index (χ3n) is 3.95. The number of hydrogen-bond donors (Lipinski definition) is 2. The quantitative estimate of drug-likeness (QED) is 0.653. The summed E-state index contributed by atoms with van der Waals surface area (Å²) in [6.45, 7) is 7.36. The molecular formula is C14H25N5O4S. The van der Waals surface area contributed by atoms with Gasteiger partial charge >= 0.3 is 0 Å². The first-order valence-corrected chi connectivity index (χ1v) is 9.31. The molecule has 1 aliphatic heterocycles. The number of ether oxygens (including phenoxy) is 1. The van der Waals surface area contributed by atoms with Gasteiger partial charge in [0.2, 0.25) is 15.9 Å². The van der Waals surface area contributed by atoms with Gasteiger partial charge in [0.15, 0.2) is 0 Å². The molecule has 1 aromatic rings. The maximum atomic E-state index is 12.6. The van der Waals surface area contributed by atoms with Gasteiger partial charge in [0.25, 0.3) is 0 Å². The fourth-order valence-electron chi connectivity index (χ4n) is 2.60. The molecule has 1 amide bonds. The lowest BCUT2D eigenvalue weighted by Crippen LogP contribution is -2.44. The monoisotopic (exact) mass is 359 g/mol. The number of carbonyl (C=O) groups excluding carboxylic acids is 1. The molecule has 0 atom stereocenters. The van der Waals surface area contributed by atoms with Crippen molar-refractivity contribution in [2.45, 2.75) is 18.7 Å². The van der Waals surface area contributed by atoms with Crippen LogP contribution >= 0.6 is 0 Å². The van der Waals surface area contributed by atoms with Crippen LogP contribution in [0, 0.1) is 13.8 Å². The average molecular weight is 359 g/mol. The van der Waals surface area contributed by atoms with E-state index in [1.165, 1.54) is 7.05 Å². The molecule has 9 nitrogen and oxygen atoms in total. The molecule has 2 heterocycles. The number of hydrogen-bond acceptors (Lipinski definition) is 6. The highest BCUT2D eigenvalue weighted by molar-refractivity contribution is 7.89. The van der Waals surface area contributed by atoms with E-state index in [0.717, 1.165) is 23.9 Å². The molecule has 24 heavy (non-hydrogen) atoms. The largest absolute Gasteiger partial charge is 0.379 e. The van der Waals surface area contributed by atoms with Crippen molar-refractivity contribution in [3.8, 4) is 0 Å². The van der Waals surface area contributed by atoms with Crippen LogP contribution in [0.15, 0.2) is 4.90 Å². The molecule has 136 valence electrons. The van der Waals surface area contributed by atoms with Gasteiger partial charge in [-0.3, -0.25) is 14.8 Å². The number of sulfonamides is 1. The molecule has 0 bridgehead atoms. The molecule has 2 N–H and O–H groups in total. The molecule has 1 aromatic heterocycles. The number of aryl methyl sites for hydroxylation is 2. The first-order chi connectivity index (χ1) is 11.3. The van der Waals surface area contributed by atoms with Crippen LogP contribution in [0.3, 0.4) is 0 Å². The molecule has 1 aliphatic rings. The minimum atomic E-state index is -3.75. The lowest BCUT2D eigenvalue weighted by atomic mass is 10.4. The second-order valence-electron chi connectivity index (χ2n) is 5.83. The van der Waals surface area contributed by atoms with Gasteiger partial charge in [-0.05, 0) is 13.8 Å². The van der Waals surface area contributed by atoms with E-state index in [4.69, 9.17) is 4.74 Å². The van der Waals surface area contributed by atoms with E-state index in [9.17, 15) is 13.2 Å². The molecule has 0 aliphatic carbocycles. The Morgan fingerprint density at radius 2 is 2.04 bits per heavy atom. The van der Waals surface area contributed by atoms with Crippen LogP contribution in [0.4, 0.5) is 0 Å². The second-order valence-corrected chi connectivity index (χ2v) is 7.81. The Morgan fingerprint density at radius 3 is 2.62 bits per heavy atom. The predicted molar refractivity (Wildman–Crippen MR) is 88.1 cm³/mol. The number of morpholine rings is 1. The van der Waals surface area contributed by atoms with Gasteiger partial charge in [-0.1, -0.05) is 0 Å². The van der Waals surface area contributed by atoms with Crippen molar-refractivity contribution in [2.75, 3.05) is 53.0 Å². The summed E-state index contributed by atoms with van der Waals surface area (Å²) in [5.41, 5.74) is 0.860. The Kier molecular flexibility index (Phi) is 6.33. The Hall–Kier alpha value is -1.49. The molecule has 0 radical (unpaired) electrons. The molecule has 10 heteroatoms. The number of rotatable bonds is 7. The fraction of sp³-hybridized carbons (Fsp3) is 0.714. The molecule has 1 fully saturated rings. The number of carbonyl (C=O) groups is 1. The SMILES string of the molecule is Cc1n[nH]c(C)c1S(=O)(=O)N(C)CC(=O)NCCN1CCOCC1. The summed E-state index contributed by atoms with van der Waals surface area (Å²) in [5.74, 6) is -0.326. The topological polar surface area (TPSA) is 108 Å². The van der Waals surface area contributed by atoms with Gasteiger partial charge < -0.3 is 10.1 Å². The summed E-state index contributed by atoms with van der Waals surface area (Å²) < 4.78 is 31.4. The highest BCUT2D eigenvalue weighted by atomic mass is 32.2. The van der Waals surface area contributed by atoms with Crippen LogP contribution in [0.5, 0.6) is 0 Å². The summed E-state index contributed by atoms with van der Waals surface area (Å²) in [7, 11) is -2.35. The second kappa shape index (κ2) is 8.06. The Labute approximate surface area is 142 Å². The minimum Gasteiger partial charge on any atom is -0.379 e. The van der Waals surface area contributed by atoms with Crippen LogP contribution < -0.4 is 5.32 Å². The zero-order valence-electron chi connectivity index (χ0n) is 14.3. The van der Waals surface area contributed by atoms with Crippen LogP contribution in [-0.2, 0) is 19.6 Å². The van der Waals surface area contributed by atoms with E-state index in [0.29, 0.717) is 31.1 Å². The zero-order valence-corrected chi connectivity index (χ0v) is 15.1. The lowest BCUT2D eigenvalue weighted by Gasteiger charge is -2.26. The van der Waals surface area contributed by atoms with E-state index in [1.807, 2.05) is 0 Å². The van der Waals surface area contributed by atoms with Crippen LogP contribution in [0.1, 0.15) is 11.4 Å². The maximum Gasteiger partial charge on any atom is 0.246 e. The van der Waals surface area contributed by atoms with Gasteiger partial charge in [-0.25, -0.2) is 8.42 Å². The molecule has 0 unspecified atom stereocenters. The van der Waals surface area contributed by atoms with Gasteiger partial charge in [-0.15, -0.1) is 0 Å². The third kappa shape index (κ3) is 4.53. The van der Waals surface area contributed by atoms with Crippen molar-refractivity contribution in [1.29, 1.82) is 0 Å². The molecule has 0 saturated carbocycles. The van der Waals surface area contributed by atoms with Crippen LogP contribution in [0.25, 0.3) is 0 Å². The smallest absolute Gasteiger partial charge is 0.246 e. The van der Waals surface area contributed by atoms with Crippen LogP contribution in [-0.4, -0.2) is 86.7 Å². The van der Waals surface area contributed by atoms with Crippen molar-refractivity contribution in [2.24, 2.45) is 0 Å². The van der Waals surface area contributed by atoms with Crippen molar-refractivity contribution in [3.63, 3.8) is 0 Å². The van der Waals surface area contributed by atoms with E-state index in [-0.39, 0.29) is 17.3 Å². The number of H-pyrrole nitrogens is 1. The van der Waals surface area contributed by atoms with Gasteiger partial charge in [0, 0.05) is 33.2 Å². The highest BCUT2D eigenvalue weighted by Crippen LogP contribution is 2.20. The first kappa shape index (κ1) is 18.8. The maximum absolute atomic E-state index is 12.6. The number of nitrogens with zero attached hydrogens (tertiary/aromatic N) is 3. The van der Waals surface area contributed by atoms with Crippen molar-refractivity contribution in [3.05, 3.63) is 11.4 Å². The fourth-order valence-corrected chi connectivity index (χ4v) is 4.05. The average Bonchev–Trinajstić information content (AvgIpc) is 2.87. The van der Waals surface area contributed by atoms with Gasteiger partial charge in [0.1, 0.15) is 4.90 Å². The molecule has 2 rings (SSSR count). The minimum absolute atomic E-state index is 0.131. The molecule has 0 aromatic carbocycles. The number of amides is 1. The predicted octanol–water partition coefficient (Wildman–Crippen LogP) is -0.905. The molecular weight excluding hydrogens is 334 g/mol. The van der Waals surface area contributed by atoms with Gasteiger partial charge in [-0.2, -0.15) is 9.40 Å². The summed E-state index contributed by atoms with van der Waals surface area (Å²) >= 11 is 0. The summed E-state index contributed by atoms with van der Waals surface area (Å²) in [6.07, 6.45) is 0. The summed E-state index contributed by atoms with van der Waals surface area (Å²) in [5, 5.41) is 9.30. The summed E-state index contributed by atoms with van der Waals surface area (Å²) in [6, 6.07) is 0. The Bertz CT molecular complexity index is 647. The number of aromatic amines is 1. The number of likely N-dealkylation sites (N-methyl/N-ethyl adjacent to an activating group) is 1. The van der Waals surface area contributed by atoms with E-state index in [2.05, 4.69) is 20.4 Å². The third-order valence-corrected chi connectivity index (χ3v) is 6.02. The number of nitrogens with one attached hydrogen (secondary N) is 2. The van der Waals surface area contributed by atoms with Gasteiger partial charge in [0.05, 0.1) is 31.1 Å². The normalized spacial score (nSPS) is 16.5. The van der Waals surface area contributed by atoms with Crippen molar-refractivity contribution in [1.82, 2.24) is 24.7 Å². The Morgan fingerprint density at radius 1 is 1.38 bits per heavy atom. The molecule has 0 spiro atoms. The van der Waals surface area contributed by atoms with Crippen molar-refractivity contribution >= 4 is 15.9 Å². The number of aromatic nitrogens is 2. The van der Waals surface area contributed by atoms with E-state index in [1.54, 1.807) is 13.8 Å². The van der Waals surface area contributed by atoms with Crippen molar-refractivity contribution < 1.29 is 17.9 Å². The Balaban J connectivity index is 1.84. The lowest BCUT2D eigenvalue weighted by molar-refractivity contribution is -0.121. The van der Waals surface area contributed by atoms with Crippen LogP contribution in [0.2, 0.25) is 0 Å². The molecule has 1 saturated heterocycles. The van der Waals surface area contributed by atoms with E-state index < -0.39 is 10.0 Å². The zero-order chi connectivity index (χ0) is 17.7.